The highest BCUT2D eigenvalue weighted by Crippen LogP contribution is 2.18. The van der Waals surface area contributed by atoms with Crippen LogP contribution >= 0.6 is 12.2 Å². The van der Waals surface area contributed by atoms with E-state index < -0.39 is 11.8 Å². The SMILES string of the molecule is COc1ccc(NC(=S)Nc2ccc(C(=O)Nc3ccc(C=O)c(C(=O)NN)c3)cc2)cc1. The maximum absolute atomic E-state index is 12.6. The van der Waals surface area contributed by atoms with Crippen LogP contribution in [0.3, 0.4) is 0 Å². The number of hydrazine groups is 1. The molecular weight excluding hydrogens is 442 g/mol. The highest BCUT2D eigenvalue weighted by molar-refractivity contribution is 7.80. The molecule has 0 aromatic heterocycles. The molecule has 3 rings (SSSR count). The Hall–Kier alpha value is -4.28. The van der Waals surface area contributed by atoms with Gasteiger partial charge in [0.15, 0.2) is 11.4 Å². The minimum absolute atomic E-state index is 0.0581. The fraction of sp³-hybridized carbons (Fsp3) is 0.0435. The standard InChI is InChI=1S/C23H21N5O4S/c1-32-19-10-8-17(9-11-19)27-23(33)26-16-5-2-14(3-6-16)21(30)25-18-7-4-15(13-29)20(12-18)22(31)28-24/h2-13H,24H2,1H3,(H,25,30)(H,28,31)(H2,26,27,33). The van der Waals surface area contributed by atoms with Gasteiger partial charge in [-0.3, -0.25) is 19.8 Å². The lowest BCUT2D eigenvalue weighted by Crippen LogP contribution is -2.31. The van der Waals surface area contributed by atoms with Crippen molar-refractivity contribution >= 4 is 52.5 Å². The molecule has 3 aromatic carbocycles. The van der Waals surface area contributed by atoms with Crippen molar-refractivity contribution in [3.05, 3.63) is 83.4 Å². The summed E-state index contributed by atoms with van der Waals surface area (Å²) in [5, 5.41) is 9.18. The van der Waals surface area contributed by atoms with Crippen molar-refractivity contribution in [2.45, 2.75) is 0 Å². The molecule has 0 bridgehead atoms. The number of rotatable bonds is 7. The third-order valence-corrected chi connectivity index (χ3v) is 4.77. The molecule has 0 atom stereocenters. The van der Waals surface area contributed by atoms with E-state index in [9.17, 15) is 14.4 Å². The second-order valence-corrected chi connectivity index (χ2v) is 7.14. The van der Waals surface area contributed by atoms with Crippen LogP contribution in [0.25, 0.3) is 0 Å². The Bertz CT molecular complexity index is 1180. The van der Waals surface area contributed by atoms with Crippen molar-refractivity contribution in [2.24, 2.45) is 5.84 Å². The quantitative estimate of drug-likeness (QED) is 0.119. The van der Waals surface area contributed by atoms with Crippen molar-refractivity contribution in [1.29, 1.82) is 0 Å². The molecule has 0 aliphatic carbocycles. The number of nitrogens with one attached hydrogen (secondary N) is 4. The molecule has 10 heteroatoms. The van der Waals surface area contributed by atoms with Gasteiger partial charge in [-0.2, -0.15) is 0 Å². The van der Waals surface area contributed by atoms with Crippen LogP contribution in [0.5, 0.6) is 5.75 Å². The normalized spacial score (nSPS) is 10.0. The zero-order valence-electron chi connectivity index (χ0n) is 17.5. The van der Waals surface area contributed by atoms with E-state index in [0.29, 0.717) is 28.3 Å². The summed E-state index contributed by atoms with van der Waals surface area (Å²) in [4.78, 5) is 35.5. The molecule has 0 fully saturated rings. The molecule has 6 N–H and O–H groups in total. The Kier molecular flexibility index (Phi) is 7.68. The van der Waals surface area contributed by atoms with Crippen molar-refractivity contribution in [2.75, 3.05) is 23.1 Å². The molecule has 33 heavy (non-hydrogen) atoms. The molecule has 9 nitrogen and oxygen atoms in total. The summed E-state index contributed by atoms with van der Waals surface area (Å²) < 4.78 is 5.12. The number of methoxy groups -OCH3 is 1. The van der Waals surface area contributed by atoms with Crippen molar-refractivity contribution in [3.63, 3.8) is 0 Å². The predicted molar refractivity (Wildman–Crippen MR) is 131 cm³/mol. The summed E-state index contributed by atoms with van der Waals surface area (Å²) >= 11 is 5.31. The maximum atomic E-state index is 12.6. The molecule has 0 spiro atoms. The average molecular weight is 464 g/mol. The second kappa shape index (κ2) is 10.8. The summed E-state index contributed by atoms with van der Waals surface area (Å²) in [6.45, 7) is 0. The van der Waals surface area contributed by atoms with Gasteiger partial charge in [0.05, 0.1) is 12.7 Å². The first-order chi connectivity index (χ1) is 15.9. The first kappa shape index (κ1) is 23.4. The van der Waals surface area contributed by atoms with Crippen LogP contribution < -0.4 is 32.0 Å². The average Bonchev–Trinajstić information content (AvgIpc) is 2.84. The van der Waals surface area contributed by atoms with Gasteiger partial charge < -0.3 is 20.7 Å². The molecule has 3 aromatic rings. The van der Waals surface area contributed by atoms with E-state index in [0.717, 1.165) is 11.4 Å². The summed E-state index contributed by atoms with van der Waals surface area (Å²) in [5.74, 6) is 4.86. The third kappa shape index (κ3) is 6.12. The van der Waals surface area contributed by atoms with Gasteiger partial charge in [-0.15, -0.1) is 0 Å². The van der Waals surface area contributed by atoms with Crippen LogP contribution in [0, 0.1) is 0 Å². The topological polar surface area (TPSA) is 135 Å². The Morgan fingerprint density at radius 2 is 1.42 bits per heavy atom. The molecule has 0 saturated carbocycles. The van der Waals surface area contributed by atoms with E-state index in [-0.39, 0.29) is 11.1 Å². The van der Waals surface area contributed by atoms with Gasteiger partial charge in [0.2, 0.25) is 0 Å². The van der Waals surface area contributed by atoms with E-state index in [1.165, 1.54) is 18.2 Å². The lowest BCUT2D eigenvalue weighted by atomic mass is 10.1. The summed E-state index contributed by atoms with van der Waals surface area (Å²) in [7, 11) is 1.60. The highest BCUT2D eigenvalue weighted by Gasteiger charge is 2.13. The molecule has 0 saturated heterocycles. The number of nitrogen functional groups attached to an aromatic ring is 1. The van der Waals surface area contributed by atoms with Gasteiger partial charge in [0, 0.05) is 28.2 Å². The number of carbonyl (C=O) groups is 3. The molecule has 2 amide bonds. The second-order valence-electron chi connectivity index (χ2n) is 6.73. The van der Waals surface area contributed by atoms with Crippen molar-refractivity contribution < 1.29 is 19.1 Å². The summed E-state index contributed by atoms with van der Waals surface area (Å²) in [6, 6.07) is 18.3. The lowest BCUT2D eigenvalue weighted by Gasteiger charge is -2.12. The predicted octanol–water partition coefficient (Wildman–Crippen LogP) is 3.17. The molecule has 0 unspecified atom stereocenters. The Balaban J connectivity index is 1.62. The lowest BCUT2D eigenvalue weighted by molar-refractivity contribution is 0.0947. The van der Waals surface area contributed by atoms with Gasteiger partial charge in [-0.1, -0.05) is 0 Å². The van der Waals surface area contributed by atoms with Crippen LogP contribution in [-0.2, 0) is 0 Å². The van der Waals surface area contributed by atoms with E-state index in [1.54, 1.807) is 31.4 Å². The largest absolute Gasteiger partial charge is 0.497 e. The number of hydrogen-bond acceptors (Lipinski definition) is 6. The van der Waals surface area contributed by atoms with Gasteiger partial charge in [-0.25, -0.2) is 5.84 Å². The highest BCUT2D eigenvalue weighted by atomic mass is 32.1. The fourth-order valence-corrected chi connectivity index (χ4v) is 3.12. The van der Waals surface area contributed by atoms with Crippen LogP contribution in [-0.4, -0.2) is 30.3 Å². The molecule has 0 aliphatic rings. The first-order valence-electron chi connectivity index (χ1n) is 9.67. The van der Waals surface area contributed by atoms with E-state index in [2.05, 4.69) is 16.0 Å². The number of thiocarbonyl (C=S) groups is 1. The number of aldehydes is 1. The molecule has 0 heterocycles. The number of hydrogen-bond donors (Lipinski definition) is 5. The van der Waals surface area contributed by atoms with Crippen LogP contribution in [0.15, 0.2) is 66.7 Å². The van der Waals surface area contributed by atoms with Gasteiger partial charge in [0.1, 0.15) is 5.75 Å². The fourth-order valence-electron chi connectivity index (χ4n) is 2.89. The minimum atomic E-state index is -0.636. The Morgan fingerprint density at radius 3 is 1.97 bits per heavy atom. The van der Waals surface area contributed by atoms with Crippen LogP contribution in [0.2, 0.25) is 0 Å². The minimum Gasteiger partial charge on any atom is -0.497 e. The van der Waals surface area contributed by atoms with Gasteiger partial charge >= 0.3 is 0 Å². The molecular formula is C23H21N5O4S. The number of nitrogens with two attached hydrogens (primary N) is 1. The van der Waals surface area contributed by atoms with E-state index in [1.807, 2.05) is 29.7 Å². The zero-order valence-corrected chi connectivity index (χ0v) is 18.4. The van der Waals surface area contributed by atoms with Gasteiger partial charge in [-0.05, 0) is 78.9 Å². The van der Waals surface area contributed by atoms with Gasteiger partial charge in [0.25, 0.3) is 11.8 Å². The summed E-state index contributed by atoms with van der Waals surface area (Å²) in [6.07, 6.45) is 0.538. The number of anilines is 3. The number of benzene rings is 3. The van der Waals surface area contributed by atoms with Crippen molar-refractivity contribution in [3.8, 4) is 5.75 Å². The zero-order chi connectivity index (χ0) is 23.8. The smallest absolute Gasteiger partial charge is 0.265 e. The monoisotopic (exact) mass is 463 g/mol. The van der Waals surface area contributed by atoms with Crippen molar-refractivity contribution in [1.82, 2.24) is 5.43 Å². The van der Waals surface area contributed by atoms with E-state index >= 15 is 0 Å². The molecule has 168 valence electrons. The number of amides is 2. The first-order valence-corrected chi connectivity index (χ1v) is 10.1. The maximum Gasteiger partial charge on any atom is 0.265 e. The third-order valence-electron chi connectivity index (χ3n) is 4.57. The van der Waals surface area contributed by atoms with Crippen LogP contribution in [0.4, 0.5) is 17.1 Å². The number of carbonyl (C=O) groups excluding carboxylic acids is 3. The van der Waals surface area contributed by atoms with E-state index in [4.69, 9.17) is 22.8 Å². The van der Waals surface area contributed by atoms with Crippen LogP contribution in [0.1, 0.15) is 31.1 Å². The Labute approximate surface area is 195 Å². The molecule has 0 radical (unpaired) electrons. The Morgan fingerprint density at radius 1 is 0.848 bits per heavy atom. The number of ether oxygens (including phenoxy) is 1. The summed E-state index contributed by atoms with van der Waals surface area (Å²) in [5.41, 5.74) is 4.41. The molecule has 0 aliphatic heterocycles.